The molecule has 1 aromatic heterocycles. The van der Waals surface area contributed by atoms with Gasteiger partial charge in [-0.2, -0.15) is 0 Å². The van der Waals surface area contributed by atoms with Gasteiger partial charge in [0.15, 0.2) is 5.96 Å². The zero-order valence-corrected chi connectivity index (χ0v) is 21.5. The van der Waals surface area contributed by atoms with Crippen LogP contribution >= 0.6 is 0 Å². The van der Waals surface area contributed by atoms with Crippen LogP contribution in [0.4, 0.5) is 0 Å². The molecule has 1 aromatic carbocycles. The molecule has 0 radical (unpaired) electrons. The molecule has 3 amide bonds. The van der Waals surface area contributed by atoms with Crippen LogP contribution in [0.15, 0.2) is 35.5 Å². The van der Waals surface area contributed by atoms with Crippen molar-refractivity contribution < 1.29 is 39.3 Å². The Morgan fingerprint density at radius 1 is 0.925 bits per heavy atom. The molecule has 0 saturated carbocycles. The van der Waals surface area contributed by atoms with E-state index in [-0.39, 0.29) is 25.3 Å². The summed E-state index contributed by atoms with van der Waals surface area (Å²) in [6.45, 7) is -0.672. The number of carboxylic acid groups (broad SMARTS) is 2. The minimum atomic E-state index is -1.71. The molecule has 0 aliphatic carbocycles. The van der Waals surface area contributed by atoms with Crippen molar-refractivity contribution in [3.05, 3.63) is 36.0 Å². The second-order valence-corrected chi connectivity index (χ2v) is 8.92. The molecule has 13 N–H and O–H groups in total. The molecule has 16 nitrogen and oxygen atoms in total. The number of carbonyl (C=O) groups is 5. The van der Waals surface area contributed by atoms with Gasteiger partial charge in [-0.3, -0.25) is 24.2 Å². The number of aromatic amines is 1. The van der Waals surface area contributed by atoms with Crippen LogP contribution < -0.4 is 33.2 Å². The van der Waals surface area contributed by atoms with E-state index in [2.05, 4.69) is 25.9 Å². The van der Waals surface area contributed by atoms with E-state index in [4.69, 9.17) is 17.2 Å². The van der Waals surface area contributed by atoms with Gasteiger partial charge in [0.25, 0.3) is 0 Å². The number of fused-ring (bicyclic) bond motifs is 1. The number of amides is 3. The molecule has 4 unspecified atom stereocenters. The first-order valence-corrected chi connectivity index (χ1v) is 12.3. The van der Waals surface area contributed by atoms with Gasteiger partial charge in [0.1, 0.15) is 18.1 Å². The fraction of sp³-hybridized carbons (Fsp3) is 0.417. The number of rotatable bonds is 16. The largest absolute Gasteiger partial charge is 0.481 e. The van der Waals surface area contributed by atoms with Crippen molar-refractivity contribution >= 4 is 46.5 Å². The van der Waals surface area contributed by atoms with E-state index in [0.717, 1.165) is 10.9 Å². The SMILES string of the molecule is NC(N)=NCCCC(N)C(=O)NC(CO)C(=O)NC(CC(=O)O)C(=O)NC(Cc1c[nH]c2ccccc12)C(=O)O. The minimum Gasteiger partial charge on any atom is -0.481 e. The second kappa shape index (κ2) is 15.0. The van der Waals surface area contributed by atoms with Gasteiger partial charge in [-0.05, 0) is 24.5 Å². The topological polar surface area (TPSA) is 288 Å². The van der Waals surface area contributed by atoms with Crippen molar-refractivity contribution in [2.45, 2.75) is 49.9 Å². The van der Waals surface area contributed by atoms with Gasteiger partial charge in [0.05, 0.1) is 19.1 Å². The Kier molecular flexibility index (Phi) is 11.8. The lowest BCUT2D eigenvalue weighted by molar-refractivity contribution is -0.143. The van der Waals surface area contributed by atoms with Gasteiger partial charge in [0, 0.05) is 30.1 Å². The van der Waals surface area contributed by atoms with Crippen molar-refractivity contribution in [1.29, 1.82) is 0 Å². The number of hydrogen-bond acceptors (Lipinski definition) is 8. The number of aliphatic hydroxyl groups excluding tert-OH is 1. The van der Waals surface area contributed by atoms with Crippen LogP contribution in [-0.2, 0) is 30.4 Å². The van der Waals surface area contributed by atoms with Gasteiger partial charge in [0.2, 0.25) is 17.7 Å². The average Bonchev–Trinajstić information content (AvgIpc) is 3.30. The summed E-state index contributed by atoms with van der Waals surface area (Å²) in [4.78, 5) is 68.0. The summed E-state index contributed by atoms with van der Waals surface area (Å²) in [5.41, 5.74) is 17.6. The van der Waals surface area contributed by atoms with E-state index in [1.165, 1.54) is 0 Å². The Labute approximate surface area is 228 Å². The van der Waals surface area contributed by atoms with E-state index in [1.807, 2.05) is 0 Å². The first kappa shape index (κ1) is 31.5. The lowest BCUT2D eigenvalue weighted by Crippen LogP contribution is -2.58. The number of aliphatic imine (C=N–C) groups is 1. The number of guanidine groups is 1. The quantitative estimate of drug-likeness (QED) is 0.0562. The highest BCUT2D eigenvalue weighted by molar-refractivity contribution is 5.96. The third-order valence-corrected chi connectivity index (χ3v) is 5.85. The Balaban J connectivity index is 2.06. The third-order valence-electron chi connectivity index (χ3n) is 5.85. The number of hydrogen-bond donors (Lipinski definition) is 10. The van der Waals surface area contributed by atoms with E-state index in [0.29, 0.717) is 12.0 Å². The first-order valence-electron chi connectivity index (χ1n) is 12.3. The monoisotopic (exact) mass is 562 g/mol. The van der Waals surface area contributed by atoms with Gasteiger partial charge < -0.3 is 53.5 Å². The standard InChI is InChI=1S/C24H34N8O8/c25-14(5-3-7-28-24(26)27)20(36)32-18(11-33)22(38)30-16(9-19(34)35)21(37)31-17(23(39)40)8-12-10-29-15-6-2-1-4-13(12)15/h1-2,4,6,10,14,16-18,29,33H,3,5,7-9,11,25H2,(H,30,38)(H,31,37)(H,32,36)(H,34,35)(H,39,40)(H4,26,27,28). The summed E-state index contributed by atoms with van der Waals surface area (Å²) in [5, 5.41) is 35.9. The Bertz CT molecular complexity index is 1240. The highest BCUT2D eigenvalue weighted by Gasteiger charge is 2.31. The van der Waals surface area contributed by atoms with E-state index < -0.39 is 66.9 Å². The normalized spacial score (nSPS) is 13.8. The van der Waals surface area contributed by atoms with Crippen LogP contribution in [0.25, 0.3) is 10.9 Å². The van der Waals surface area contributed by atoms with Gasteiger partial charge in [-0.1, -0.05) is 18.2 Å². The number of aliphatic hydroxyl groups is 1. The summed E-state index contributed by atoms with van der Waals surface area (Å²) < 4.78 is 0. The zero-order chi connectivity index (χ0) is 29.8. The molecule has 16 heteroatoms. The maximum Gasteiger partial charge on any atom is 0.326 e. The Hall–Kier alpha value is -4.70. The smallest absolute Gasteiger partial charge is 0.326 e. The molecule has 40 heavy (non-hydrogen) atoms. The van der Waals surface area contributed by atoms with Crippen LogP contribution in [0.3, 0.4) is 0 Å². The molecule has 2 rings (SSSR count). The molecule has 1 heterocycles. The first-order chi connectivity index (χ1) is 18.9. The summed E-state index contributed by atoms with van der Waals surface area (Å²) in [6.07, 6.45) is 1.08. The summed E-state index contributed by atoms with van der Waals surface area (Å²) >= 11 is 0. The fourth-order valence-corrected chi connectivity index (χ4v) is 3.77. The minimum absolute atomic E-state index is 0.123. The fourth-order valence-electron chi connectivity index (χ4n) is 3.77. The average molecular weight is 563 g/mol. The number of carboxylic acids is 2. The molecular weight excluding hydrogens is 528 g/mol. The van der Waals surface area contributed by atoms with Crippen molar-refractivity contribution in [1.82, 2.24) is 20.9 Å². The number of para-hydroxylation sites is 1. The molecule has 218 valence electrons. The predicted octanol–water partition coefficient (Wildman–Crippen LogP) is -2.90. The Morgan fingerprint density at radius 3 is 2.17 bits per heavy atom. The van der Waals surface area contributed by atoms with Gasteiger partial charge >= 0.3 is 11.9 Å². The van der Waals surface area contributed by atoms with Crippen LogP contribution in [0.5, 0.6) is 0 Å². The number of aromatic nitrogens is 1. The van der Waals surface area contributed by atoms with E-state index in [1.54, 1.807) is 30.5 Å². The lowest BCUT2D eigenvalue weighted by Gasteiger charge is -2.23. The van der Waals surface area contributed by atoms with Crippen LogP contribution in [-0.4, -0.2) is 93.2 Å². The van der Waals surface area contributed by atoms with E-state index >= 15 is 0 Å². The zero-order valence-electron chi connectivity index (χ0n) is 21.5. The molecular formula is C24H34N8O8. The number of nitrogens with one attached hydrogen (secondary N) is 4. The van der Waals surface area contributed by atoms with Gasteiger partial charge in [-0.25, -0.2) is 4.79 Å². The van der Waals surface area contributed by atoms with Crippen LogP contribution in [0.1, 0.15) is 24.8 Å². The highest BCUT2D eigenvalue weighted by atomic mass is 16.4. The number of nitrogens with zero attached hydrogens (tertiary/aromatic N) is 1. The molecule has 4 atom stereocenters. The Morgan fingerprint density at radius 2 is 1.55 bits per heavy atom. The molecule has 0 bridgehead atoms. The third kappa shape index (κ3) is 9.55. The van der Waals surface area contributed by atoms with Crippen molar-refractivity contribution in [2.24, 2.45) is 22.2 Å². The second-order valence-electron chi connectivity index (χ2n) is 8.92. The molecule has 0 aliphatic rings. The molecule has 0 saturated heterocycles. The number of nitrogens with two attached hydrogens (primary N) is 3. The van der Waals surface area contributed by atoms with Crippen LogP contribution in [0, 0.1) is 0 Å². The predicted molar refractivity (Wildman–Crippen MR) is 143 cm³/mol. The number of aliphatic carboxylic acids is 2. The highest BCUT2D eigenvalue weighted by Crippen LogP contribution is 2.19. The lowest BCUT2D eigenvalue weighted by atomic mass is 10.0. The molecule has 0 spiro atoms. The number of benzene rings is 1. The van der Waals surface area contributed by atoms with Crippen molar-refractivity contribution in [2.75, 3.05) is 13.2 Å². The molecule has 0 aliphatic heterocycles. The summed E-state index contributed by atoms with van der Waals surface area (Å²) in [6, 6.07) is 1.32. The van der Waals surface area contributed by atoms with Crippen LogP contribution in [0.2, 0.25) is 0 Å². The molecule has 0 fully saturated rings. The van der Waals surface area contributed by atoms with E-state index in [9.17, 15) is 39.3 Å². The number of carbonyl (C=O) groups excluding carboxylic acids is 3. The maximum atomic E-state index is 12.9. The maximum absolute atomic E-state index is 12.9. The van der Waals surface area contributed by atoms with Crippen molar-refractivity contribution in [3.63, 3.8) is 0 Å². The summed E-state index contributed by atoms with van der Waals surface area (Å²) in [5.74, 6) is -5.91. The summed E-state index contributed by atoms with van der Waals surface area (Å²) in [7, 11) is 0. The van der Waals surface area contributed by atoms with Crippen molar-refractivity contribution in [3.8, 4) is 0 Å². The number of H-pyrrole nitrogens is 1. The molecule has 2 aromatic rings. The van der Waals surface area contributed by atoms with Gasteiger partial charge in [-0.15, -0.1) is 0 Å².